The summed E-state index contributed by atoms with van der Waals surface area (Å²) < 4.78 is 123. The van der Waals surface area contributed by atoms with Gasteiger partial charge in [-0.25, -0.2) is 0 Å². The fraction of sp³-hybridized carbons (Fsp3) is 0.293. The number of nitrogens with zero attached hydrogens (tertiary/aromatic N) is 11. The number of aromatic nitrogens is 5. The van der Waals surface area contributed by atoms with Crippen molar-refractivity contribution in [1.82, 2.24) is 23.7 Å². The molecule has 376 valence electrons. The van der Waals surface area contributed by atoms with Gasteiger partial charge in [-0.3, -0.25) is 13.7 Å². The zero-order chi connectivity index (χ0) is 51.3. The first-order chi connectivity index (χ1) is 33.8. The number of anilines is 6. The Hall–Kier alpha value is -6.25. The number of azo groups is 2. The summed E-state index contributed by atoms with van der Waals surface area (Å²) in [7, 11) is -11.5. The molecule has 4 aromatic carbocycles. The first-order valence-electron chi connectivity index (χ1n) is 21.2. The van der Waals surface area contributed by atoms with Crippen LogP contribution in [0, 0.1) is 0 Å². The number of rotatable bonds is 22. The van der Waals surface area contributed by atoms with E-state index in [0.717, 1.165) is 46.2 Å². The van der Waals surface area contributed by atoms with Gasteiger partial charge >= 0.3 is 0 Å². The van der Waals surface area contributed by atoms with Crippen molar-refractivity contribution in [3.8, 4) is 11.5 Å². The molecule has 0 saturated carbocycles. The summed E-state index contributed by atoms with van der Waals surface area (Å²) in [5, 5.41) is 24.3. The van der Waals surface area contributed by atoms with Gasteiger partial charge in [0.25, 0.3) is 30.4 Å². The predicted molar refractivity (Wildman–Crippen MR) is 274 cm³/mol. The van der Waals surface area contributed by atoms with Crippen molar-refractivity contribution in [2.24, 2.45) is 20.5 Å². The van der Waals surface area contributed by atoms with Crippen LogP contribution in [0.15, 0.2) is 96.1 Å². The van der Waals surface area contributed by atoms with Crippen molar-refractivity contribution in [2.45, 2.75) is 42.6 Å². The number of thioether (sulfide) groups is 1. The zero-order valence-corrected chi connectivity index (χ0v) is 43.4. The van der Waals surface area contributed by atoms with Crippen LogP contribution in [0.4, 0.5) is 56.0 Å². The molecule has 7 aromatic rings. The maximum absolute atomic E-state index is 12.6. The third-order valence-electron chi connectivity index (χ3n) is 10.4. The highest BCUT2D eigenvalue weighted by atomic mass is 32.2. The number of hydrogen-bond acceptors (Lipinski definition) is 24. The molecule has 0 atom stereocenters. The average molecular weight is 1090 g/mol. The predicted octanol–water partition coefficient (Wildman–Crippen LogP) is 9.59. The summed E-state index contributed by atoms with van der Waals surface area (Å²) in [5.41, 5.74) is 3.10. The molecule has 0 spiro atoms. The van der Waals surface area contributed by atoms with Gasteiger partial charge in [0.15, 0.2) is 15.2 Å². The van der Waals surface area contributed by atoms with Crippen LogP contribution >= 0.6 is 34.8 Å². The summed E-state index contributed by atoms with van der Waals surface area (Å²) in [4.78, 5) is 16.9. The second-order valence-electron chi connectivity index (χ2n) is 14.7. The van der Waals surface area contributed by atoms with E-state index >= 15 is 0 Å². The van der Waals surface area contributed by atoms with E-state index in [2.05, 4.69) is 64.6 Å². The molecule has 0 aliphatic carbocycles. The Labute approximate surface area is 420 Å². The molecule has 3 aromatic heterocycles. The summed E-state index contributed by atoms with van der Waals surface area (Å²) >= 11 is 2.61. The molecule has 7 rings (SSSR count). The highest BCUT2D eigenvalue weighted by molar-refractivity contribution is 8.00. The first-order valence-corrected chi connectivity index (χ1v) is 28.2. The minimum absolute atomic E-state index is 0.00192. The molecular weight excluding hydrogens is 1040 g/mol. The smallest absolute Gasteiger partial charge is 0.299 e. The summed E-state index contributed by atoms with van der Waals surface area (Å²) in [6.45, 7) is 10.5. The molecule has 71 heavy (non-hydrogen) atoms. The highest BCUT2D eigenvalue weighted by Crippen LogP contribution is 2.44. The molecule has 0 amide bonds. The van der Waals surface area contributed by atoms with Crippen LogP contribution in [0.25, 0.3) is 21.8 Å². The molecule has 24 nitrogen and oxygen atoms in total. The largest absolute Gasteiger partial charge is 0.495 e. The molecule has 5 N–H and O–H groups in total. The number of nitrogens with one attached hydrogen (secondary N) is 2. The lowest BCUT2D eigenvalue weighted by atomic mass is 10.2. The Morgan fingerprint density at radius 1 is 0.606 bits per heavy atom. The number of hydrogen-bond donors (Lipinski definition) is 5. The van der Waals surface area contributed by atoms with Gasteiger partial charge in [0.1, 0.15) is 32.7 Å². The van der Waals surface area contributed by atoms with E-state index in [0.29, 0.717) is 37.6 Å². The summed E-state index contributed by atoms with van der Waals surface area (Å²) in [6.07, 6.45) is 0. The Balaban J connectivity index is 1.34. The van der Waals surface area contributed by atoms with Crippen LogP contribution in [0.5, 0.6) is 11.5 Å². The Kier molecular flexibility index (Phi) is 16.3. The van der Waals surface area contributed by atoms with Crippen molar-refractivity contribution >= 4 is 143 Å². The lowest BCUT2D eigenvalue weighted by Crippen LogP contribution is -2.21. The topological polar surface area (TPSA) is 326 Å². The van der Waals surface area contributed by atoms with E-state index in [-0.39, 0.29) is 77.5 Å². The Morgan fingerprint density at radius 2 is 1.03 bits per heavy atom. The molecule has 0 saturated heterocycles. The van der Waals surface area contributed by atoms with Gasteiger partial charge in [0.05, 0.1) is 53.2 Å². The molecule has 0 radical (unpaired) electrons. The van der Waals surface area contributed by atoms with E-state index < -0.39 is 45.9 Å². The van der Waals surface area contributed by atoms with E-state index in [1.165, 1.54) is 38.5 Å². The minimum Gasteiger partial charge on any atom is -0.495 e. The van der Waals surface area contributed by atoms with Crippen molar-refractivity contribution in [1.29, 1.82) is 0 Å². The van der Waals surface area contributed by atoms with Crippen molar-refractivity contribution in [3.05, 3.63) is 60.7 Å². The van der Waals surface area contributed by atoms with E-state index in [1.807, 2.05) is 39.8 Å². The fourth-order valence-corrected chi connectivity index (χ4v) is 12.1. The van der Waals surface area contributed by atoms with Gasteiger partial charge < -0.3 is 29.9 Å². The second kappa shape index (κ2) is 22.0. The van der Waals surface area contributed by atoms with Crippen LogP contribution < -0.4 is 29.9 Å². The van der Waals surface area contributed by atoms with Gasteiger partial charge in [-0.05, 0) is 111 Å². The Bertz CT molecular complexity index is 3310. The SMILES string of the molecule is CCN(CC)c1ccc(/N=N/c2snc3ccc(OC)c(S(=O)(=O)O)c23)c(Nc2nc(Nc3cc(N(CC)CC)ccc3/N=N/c3snc4ccc(OC)c(S(=O)(=O)O)c34)nc(SCCS(=O)(=O)O)n2)c1. The van der Waals surface area contributed by atoms with Crippen LogP contribution in [0.1, 0.15) is 27.7 Å². The normalized spacial score (nSPS) is 12.4. The molecular formula is C41H45N13O11S6. The van der Waals surface area contributed by atoms with Crippen LogP contribution in [-0.2, 0) is 30.4 Å². The van der Waals surface area contributed by atoms with Crippen LogP contribution in [0.2, 0.25) is 0 Å². The van der Waals surface area contributed by atoms with Crippen LogP contribution in [0.3, 0.4) is 0 Å². The monoisotopic (exact) mass is 1090 g/mol. The zero-order valence-electron chi connectivity index (χ0n) is 38.5. The van der Waals surface area contributed by atoms with Gasteiger partial charge in [0.2, 0.25) is 11.9 Å². The van der Waals surface area contributed by atoms with Gasteiger partial charge in [-0.2, -0.15) is 49.0 Å². The highest BCUT2D eigenvalue weighted by Gasteiger charge is 2.27. The summed E-state index contributed by atoms with van der Waals surface area (Å²) in [5.74, 6) is -1.11. The number of fused-ring (bicyclic) bond motifs is 2. The number of benzene rings is 4. The van der Waals surface area contributed by atoms with E-state index in [1.54, 1.807) is 24.3 Å². The molecule has 0 aliphatic heterocycles. The van der Waals surface area contributed by atoms with Gasteiger partial charge in [-0.15, -0.1) is 20.5 Å². The fourth-order valence-electron chi connectivity index (χ4n) is 7.12. The molecule has 0 aliphatic rings. The Morgan fingerprint density at radius 3 is 1.39 bits per heavy atom. The molecule has 0 fully saturated rings. The third kappa shape index (κ3) is 12.3. The maximum atomic E-state index is 12.6. The molecule has 0 unspecified atom stereocenters. The van der Waals surface area contributed by atoms with Gasteiger partial charge in [0, 0.05) is 43.3 Å². The lowest BCUT2D eigenvalue weighted by Gasteiger charge is -2.22. The van der Waals surface area contributed by atoms with Crippen molar-refractivity contribution in [3.63, 3.8) is 0 Å². The second-order valence-corrected chi connectivity index (χ2v) is 21.6. The average Bonchev–Trinajstić information content (AvgIpc) is 3.93. The lowest BCUT2D eigenvalue weighted by molar-refractivity contribution is 0.398. The van der Waals surface area contributed by atoms with Gasteiger partial charge in [-0.1, -0.05) is 11.8 Å². The van der Waals surface area contributed by atoms with Crippen LogP contribution in [-0.4, -0.2) is 115 Å². The summed E-state index contributed by atoms with van der Waals surface area (Å²) in [6, 6.07) is 16.3. The molecule has 0 bridgehead atoms. The molecule has 30 heteroatoms. The van der Waals surface area contributed by atoms with Crippen molar-refractivity contribution in [2.75, 3.05) is 72.3 Å². The molecule has 3 heterocycles. The van der Waals surface area contributed by atoms with Crippen molar-refractivity contribution < 1.29 is 48.4 Å². The minimum atomic E-state index is -4.81. The number of methoxy groups -OCH3 is 2. The number of ether oxygens (including phenoxy) is 2. The van der Waals surface area contributed by atoms with E-state index in [4.69, 9.17) is 9.47 Å². The first kappa shape index (κ1) is 52.6. The third-order valence-corrected chi connectivity index (χ3v) is 15.6. The van der Waals surface area contributed by atoms with E-state index in [9.17, 15) is 38.9 Å². The quantitative estimate of drug-likeness (QED) is 0.0239. The maximum Gasteiger partial charge on any atom is 0.299 e. The standard InChI is InChI=1S/C41H45N13O11S6/c1-7-53(8-2)23-11-13-25(47-49-37-33-27(51-67-37)15-17-31(64-5)35(33)70(58,59)60)29(21-23)42-39-44-40(46-41(45-39)66-19-20-69(55,56)57)43-30-22-24(54(9-3)10-4)12-14-26(30)48-50-38-34-28(52-68-38)16-18-32(65-6)36(34)71(61,62)63/h11-18,21-22H,7-10,19-20H2,1-6H3,(H,55,56,57)(H,58,59,60)(H,61,62,63)(H2,42,43,44,45,46)/b49-47+,50-48+.